The van der Waals surface area contributed by atoms with Crippen molar-refractivity contribution < 1.29 is 4.74 Å². The van der Waals surface area contributed by atoms with E-state index in [9.17, 15) is 0 Å². The van der Waals surface area contributed by atoms with Crippen LogP contribution in [-0.4, -0.2) is 24.2 Å². The van der Waals surface area contributed by atoms with Gasteiger partial charge in [0.1, 0.15) is 12.4 Å². The van der Waals surface area contributed by atoms with Crippen LogP contribution in [-0.2, 0) is 0 Å². The van der Waals surface area contributed by atoms with E-state index in [0.29, 0.717) is 12.6 Å². The van der Waals surface area contributed by atoms with Gasteiger partial charge in [-0.1, -0.05) is 12.8 Å². The van der Waals surface area contributed by atoms with Crippen LogP contribution in [0.15, 0.2) is 24.5 Å². The van der Waals surface area contributed by atoms with E-state index < -0.39 is 0 Å². The van der Waals surface area contributed by atoms with Crippen molar-refractivity contribution in [3.63, 3.8) is 0 Å². The second kappa shape index (κ2) is 5.85. The first-order chi connectivity index (χ1) is 7.84. The minimum atomic E-state index is 0.616. The molecule has 1 unspecified atom stereocenters. The number of pyridine rings is 1. The molecule has 88 valence electrons. The Labute approximate surface area is 97.2 Å². The Morgan fingerprint density at radius 2 is 2.44 bits per heavy atom. The normalized spacial score (nSPS) is 17.1. The number of hydrogen-bond acceptors (Lipinski definition) is 3. The van der Waals surface area contributed by atoms with Crippen LogP contribution in [0.5, 0.6) is 5.75 Å². The lowest BCUT2D eigenvalue weighted by Gasteiger charge is -2.13. The highest BCUT2D eigenvalue weighted by atomic mass is 16.5. The van der Waals surface area contributed by atoms with Gasteiger partial charge in [-0.05, 0) is 31.4 Å². The molecule has 0 aliphatic heterocycles. The zero-order valence-corrected chi connectivity index (χ0v) is 9.86. The maximum Gasteiger partial charge on any atom is 0.137 e. The lowest BCUT2D eigenvalue weighted by Crippen LogP contribution is -2.30. The van der Waals surface area contributed by atoms with E-state index in [2.05, 4.69) is 17.2 Å². The average molecular weight is 220 g/mol. The van der Waals surface area contributed by atoms with Crippen LogP contribution >= 0.6 is 0 Å². The van der Waals surface area contributed by atoms with Gasteiger partial charge in [0.05, 0.1) is 6.20 Å². The molecule has 1 heterocycles. The lowest BCUT2D eigenvalue weighted by atomic mass is 10.2. The standard InChI is InChI=1S/C13H20N2O/c1-11(9-12-4-5-12)15-7-8-16-13-3-2-6-14-10-13/h2-3,6,10-12,15H,4-5,7-9H2,1H3. The van der Waals surface area contributed by atoms with Crippen LogP contribution in [0.2, 0.25) is 0 Å². The first-order valence-corrected chi connectivity index (χ1v) is 6.11. The smallest absolute Gasteiger partial charge is 0.137 e. The summed E-state index contributed by atoms with van der Waals surface area (Å²) >= 11 is 0. The van der Waals surface area contributed by atoms with Gasteiger partial charge >= 0.3 is 0 Å². The van der Waals surface area contributed by atoms with E-state index in [4.69, 9.17) is 4.74 Å². The van der Waals surface area contributed by atoms with Crippen molar-refractivity contribution in [2.24, 2.45) is 5.92 Å². The molecule has 1 aromatic rings. The molecule has 1 aliphatic rings. The summed E-state index contributed by atoms with van der Waals surface area (Å²) in [4.78, 5) is 4.00. The van der Waals surface area contributed by atoms with Crippen LogP contribution in [0.4, 0.5) is 0 Å². The van der Waals surface area contributed by atoms with Crippen molar-refractivity contribution >= 4 is 0 Å². The summed E-state index contributed by atoms with van der Waals surface area (Å²) in [7, 11) is 0. The van der Waals surface area contributed by atoms with Crippen molar-refractivity contribution in [3.8, 4) is 5.75 Å². The minimum Gasteiger partial charge on any atom is -0.491 e. The van der Waals surface area contributed by atoms with E-state index in [-0.39, 0.29) is 0 Å². The summed E-state index contributed by atoms with van der Waals surface area (Å²) in [5.74, 6) is 1.83. The number of ether oxygens (including phenoxy) is 1. The van der Waals surface area contributed by atoms with Gasteiger partial charge in [-0.15, -0.1) is 0 Å². The van der Waals surface area contributed by atoms with E-state index in [1.807, 2.05) is 12.1 Å². The fourth-order valence-corrected chi connectivity index (χ4v) is 1.84. The third-order valence-corrected chi connectivity index (χ3v) is 2.88. The molecule has 3 nitrogen and oxygen atoms in total. The number of aromatic nitrogens is 1. The van der Waals surface area contributed by atoms with Gasteiger partial charge in [0.2, 0.25) is 0 Å². The molecule has 16 heavy (non-hydrogen) atoms. The van der Waals surface area contributed by atoms with Crippen LogP contribution in [0.3, 0.4) is 0 Å². The highest BCUT2D eigenvalue weighted by Gasteiger charge is 2.22. The minimum absolute atomic E-state index is 0.616. The molecule has 0 radical (unpaired) electrons. The van der Waals surface area contributed by atoms with Gasteiger partial charge in [-0.2, -0.15) is 0 Å². The largest absolute Gasteiger partial charge is 0.491 e. The Morgan fingerprint density at radius 1 is 1.56 bits per heavy atom. The molecule has 0 aromatic carbocycles. The van der Waals surface area contributed by atoms with Crippen molar-refractivity contribution in [1.29, 1.82) is 0 Å². The van der Waals surface area contributed by atoms with Gasteiger partial charge in [0, 0.05) is 18.8 Å². The fourth-order valence-electron chi connectivity index (χ4n) is 1.84. The second-order valence-corrected chi connectivity index (χ2v) is 4.57. The van der Waals surface area contributed by atoms with E-state index in [1.165, 1.54) is 19.3 Å². The van der Waals surface area contributed by atoms with Crippen molar-refractivity contribution in [2.75, 3.05) is 13.2 Å². The van der Waals surface area contributed by atoms with Crippen molar-refractivity contribution in [3.05, 3.63) is 24.5 Å². The van der Waals surface area contributed by atoms with Crippen LogP contribution < -0.4 is 10.1 Å². The number of hydrogen-bond donors (Lipinski definition) is 1. The fraction of sp³-hybridized carbons (Fsp3) is 0.615. The van der Waals surface area contributed by atoms with Gasteiger partial charge < -0.3 is 10.1 Å². The first-order valence-electron chi connectivity index (χ1n) is 6.11. The molecule has 1 atom stereocenters. The van der Waals surface area contributed by atoms with E-state index in [0.717, 1.165) is 18.2 Å². The summed E-state index contributed by atoms with van der Waals surface area (Å²) < 4.78 is 5.55. The van der Waals surface area contributed by atoms with Gasteiger partial charge in [-0.25, -0.2) is 0 Å². The van der Waals surface area contributed by atoms with Gasteiger partial charge in [0.15, 0.2) is 0 Å². The number of rotatable bonds is 7. The Hall–Kier alpha value is -1.09. The quantitative estimate of drug-likeness (QED) is 0.716. The maximum absolute atomic E-state index is 5.55. The Balaban J connectivity index is 1.54. The molecule has 1 aliphatic carbocycles. The van der Waals surface area contributed by atoms with E-state index >= 15 is 0 Å². The molecule has 0 bridgehead atoms. The Morgan fingerprint density at radius 3 is 3.12 bits per heavy atom. The lowest BCUT2D eigenvalue weighted by molar-refractivity contribution is 0.302. The monoisotopic (exact) mass is 220 g/mol. The molecule has 0 amide bonds. The zero-order valence-electron chi connectivity index (χ0n) is 9.86. The Kier molecular flexibility index (Phi) is 4.17. The SMILES string of the molecule is CC(CC1CC1)NCCOc1cccnc1. The molecule has 1 saturated carbocycles. The highest BCUT2D eigenvalue weighted by molar-refractivity contribution is 5.15. The third kappa shape index (κ3) is 4.19. The second-order valence-electron chi connectivity index (χ2n) is 4.57. The molecule has 3 heteroatoms. The molecule has 2 rings (SSSR count). The summed E-state index contributed by atoms with van der Waals surface area (Å²) in [6.07, 6.45) is 7.67. The molecule has 1 aromatic heterocycles. The highest BCUT2D eigenvalue weighted by Crippen LogP contribution is 2.33. The van der Waals surface area contributed by atoms with E-state index in [1.54, 1.807) is 12.4 Å². The van der Waals surface area contributed by atoms with Crippen LogP contribution in [0.1, 0.15) is 26.2 Å². The number of nitrogens with one attached hydrogen (secondary N) is 1. The van der Waals surface area contributed by atoms with Crippen molar-refractivity contribution in [2.45, 2.75) is 32.2 Å². The zero-order chi connectivity index (χ0) is 11.2. The van der Waals surface area contributed by atoms with Crippen LogP contribution in [0.25, 0.3) is 0 Å². The number of nitrogens with zero attached hydrogens (tertiary/aromatic N) is 1. The maximum atomic E-state index is 5.55. The van der Waals surface area contributed by atoms with Gasteiger partial charge in [0.25, 0.3) is 0 Å². The van der Waals surface area contributed by atoms with Gasteiger partial charge in [-0.3, -0.25) is 4.98 Å². The molecule has 0 spiro atoms. The molecule has 0 saturated heterocycles. The molecule has 1 fully saturated rings. The topological polar surface area (TPSA) is 34.1 Å². The van der Waals surface area contributed by atoms with Crippen LogP contribution in [0, 0.1) is 5.92 Å². The summed E-state index contributed by atoms with van der Waals surface area (Å²) in [6, 6.07) is 4.43. The molecular weight excluding hydrogens is 200 g/mol. The summed E-state index contributed by atoms with van der Waals surface area (Å²) in [5, 5.41) is 3.48. The Bertz CT molecular complexity index is 298. The first kappa shape index (κ1) is 11.4. The summed E-state index contributed by atoms with van der Waals surface area (Å²) in [6.45, 7) is 3.87. The third-order valence-electron chi connectivity index (χ3n) is 2.88. The molecular formula is C13H20N2O. The molecule has 1 N–H and O–H groups in total. The predicted molar refractivity (Wildman–Crippen MR) is 64.5 cm³/mol. The summed E-state index contributed by atoms with van der Waals surface area (Å²) in [5.41, 5.74) is 0. The predicted octanol–water partition coefficient (Wildman–Crippen LogP) is 2.24. The average Bonchev–Trinajstić information content (AvgIpc) is 3.10. The van der Waals surface area contributed by atoms with Crippen molar-refractivity contribution in [1.82, 2.24) is 10.3 Å².